The van der Waals surface area contributed by atoms with E-state index in [0.717, 1.165) is 6.07 Å². The number of alkyl halides is 4. The van der Waals surface area contributed by atoms with Gasteiger partial charge in [0.2, 0.25) is 0 Å². The first kappa shape index (κ1) is 12.3. The number of nitrogens with zero attached hydrogens (tertiary/aromatic N) is 1. The summed E-state index contributed by atoms with van der Waals surface area (Å²) < 4.78 is 37.1. The molecule has 7 heteroatoms. The van der Waals surface area contributed by atoms with Gasteiger partial charge in [-0.05, 0) is 22.9 Å². The number of hydrogen-bond acceptors (Lipinski definition) is 2. The molecule has 0 radical (unpaired) electrons. The van der Waals surface area contributed by atoms with Gasteiger partial charge >= 0.3 is 6.18 Å². The van der Waals surface area contributed by atoms with Crippen molar-refractivity contribution in [1.82, 2.24) is 0 Å². The van der Waals surface area contributed by atoms with Crippen molar-refractivity contribution >= 4 is 23.2 Å². The van der Waals surface area contributed by atoms with E-state index in [1.165, 1.54) is 6.07 Å². The Morgan fingerprint density at radius 3 is 2.40 bits per heavy atom. The summed E-state index contributed by atoms with van der Waals surface area (Å²) in [6.45, 7) is 0. The van der Waals surface area contributed by atoms with Crippen LogP contribution in [-0.4, -0.2) is 0 Å². The van der Waals surface area contributed by atoms with Gasteiger partial charge in [0.25, 0.3) is 0 Å². The lowest BCUT2D eigenvalue weighted by atomic mass is 10.1. The molecule has 0 bridgehead atoms. The topological polar surface area (TPSA) is 29.4 Å². The van der Waals surface area contributed by atoms with E-state index in [4.69, 9.17) is 23.2 Å². The third-order valence-electron chi connectivity index (χ3n) is 1.66. The zero-order valence-corrected chi connectivity index (χ0v) is 8.57. The van der Waals surface area contributed by atoms with E-state index in [0.29, 0.717) is 6.07 Å². The van der Waals surface area contributed by atoms with Crippen molar-refractivity contribution in [2.45, 2.75) is 11.7 Å². The van der Waals surface area contributed by atoms with Crippen LogP contribution in [0.25, 0.3) is 0 Å². The van der Waals surface area contributed by atoms with Gasteiger partial charge in [0.15, 0.2) is 5.50 Å². The van der Waals surface area contributed by atoms with E-state index in [2.05, 4.69) is 5.18 Å². The SMILES string of the molecule is O=NC(Cl)c1ccc(Cl)c(C(F)(F)F)c1. The third-order valence-corrected chi connectivity index (χ3v) is 2.32. The minimum Gasteiger partial charge on any atom is -0.166 e. The first-order valence-corrected chi connectivity index (χ1v) is 4.51. The highest BCUT2D eigenvalue weighted by Crippen LogP contribution is 2.37. The molecule has 1 aromatic carbocycles. The Bertz CT molecular complexity index is 381. The second-order valence-electron chi connectivity index (χ2n) is 2.68. The van der Waals surface area contributed by atoms with Crippen molar-refractivity contribution < 1.29 is 13.2 Å². The van der Waals surface area contributed by atoms with Gasteiger partial charge in [-0.3, -0.25) is 0 Å². The van der Waals surface area contributed by atoms with E-state index in [1.807, 2.05) is 0 Å². The summed E-state index contributed by atoms with van der Waals surface area (Å²) in [5.74, 6) is 0. The molecule has 1 unspecified atom stereocenters. The fraction of sp³-hybridized carbons (Fsp3) is 0.250. The highest BCUT2D eigenvalue weighted by Gasteiger charge is 2.33. The second-order valence-corrected chi connectivity index (χ2v) is 3.50. The van der Waals surface area contributed by atoms with Crippen LogP contribution in [0.4, 0.5) is 13.2 Å². The Balaban J connectivity index is 3.22. The summed E-state index contributed by atoms with van der Waals surface area (Å²) in [5.41, 5.74) is -2.41. The Labute approximate surface area is 93.0 Å². The van der Waals surface area contributed by atoms with Gasteiger partial charge in [0.05, 0.1) is 10.6 Å². The van der Waals surface area contributed by atoms with Crippen molar-refractivity contribution in [2.75, 3.05) is 0 Å². The molecule has 0 aromatic heterocycles. The lowest BCUT2D eigenvalue weighted by molar-refractivity contribution is -0.137. The van der Waals surface area contributed by atoms with E-state index >= 15 is 0 Å². The summed E-state index contributed by atoms with van der Waals surface area (Å²) in [6.07, 6.45) is -4.58. The van der Waals surface area contributed by atoms with Crippen molar-refractivity contribution in [3.05, 3.63) is 39.3 Å². The van der Waals surface area contributed by atoms with Crippen LogP contribution in [0.1, 0.15) is 16.6 Å². The molecule has 0 aliphatic rings. The predicted molar refractivity (Wildman–Crippen MR) is 50.8 cm³/mol. The summed E-state index contributed by atoms with van der Waals surface area (Å²) >= 11 is 10.7. The van der Waals surface area contributed by atoms with Crippen LogP contribution in [0.15, 0.2) is 23.4 Å². The fourth-order valence-electron chi connectivity index (χ4n) is 0.969. The molecule has 1 atom stereocenters. The number of halogens is 5. The number of nitroso groups, excluding NO2 is 1. The second kappa shape index (κ2) is 4.37. The van der Waals surface area contributed by atoms with Crippen LogP contribution >= 0.6 is 23.2 Å². The predicted octanol–water partition coefficient (Wildman–Crippen LogP) is 4.36. The van der Waals surface area contributed by atoms with Gasteiger partial charge in [0.1, 0.15) is 0 Å². The highest BCUT2D eigenvalue weighted by atomic mass is 35.5. The van der Waals surface area contributed by atoms with Gasteiger partial charge in [-0.15, -0.1) is 4.91 Å². The zero-order chi connectivity index (χ0) is 11.6. The minimum absolute atomic E-state index is 0.0385. The molecular formula is C8H4Cl2F3NO. The van der Waals surface area contributed by atoms with Gasteiger partial charge < -0.3 is 0 Å². The molecule has 2 nitrogen and oxygen atoms in total. The number of rotatable bonds is 2. The lowest BCUT2D eigenvalue weighted by Crippen LogP contribution is -2.06. The molecule has 1 rings (SSSR count). The Morgan fingerprint density at radius 2 is 1.93 bits per heavy atom. The Hall–Kier alpha value is -0.810. The van der Waals surface area contributed by atoms with Crippen LogP contribution in [0, 0.1) is 4.91 Å². The van der Waals surface area contributed by atoms with Crippen LogP contribution in [0.2, 0.25) is 5.02 Å². The first-order chi connectivity index (χ1) is 6.86. The molecule has 0 aliphatic heterocycles. The van der Waals surface area contributed by atoms with Gasteiger partial charge in [-0.1, -0.05) is 29.3 Å². The van der Waals surface area contributed by atoms with Crippen molar-refractivity contribution in [3.63, 3.8) is 0 Å². The zero-order valence-electron chi connectivity index (χ0n) is 7.05. The monoisotopic (exact) mass is 257 g/mol. The third kappa shape index (κ3) is 2.82. The molecule has 0 aliphatic carbocycles. The molecule has 15 heavy (non-hydrogen) atoms. The molecular weight excluding hydrogens is 254 g/mol. The maximum Gasteiger partial charge on any atom is 0.417 e. The molecule has 82 valence electrons. The maximum atomic E-state index is 12.4. The summed E-state index contributed by atoms with van der Waals surface area (Å²) in [7, 11) is 0. The Kier molecular flexibility index (Phi) is 3.57. The quantitative estimate of drug-likeness (QED) is 0.440. The maximum absolute atomic E-state index is 12.4. The molecule has 0 saturated carbocycles. The van der Waals surface area contributed by atoms with E-state index in [1.54, 1.807) is 0 Å². The van der Waals surface area contributed by atoms with E-state index in [-0.39, 0.29) is 5.56 Å². The highest BCUT2D eigenvalue weighted by molar-refractivity contribution is 6.31. The Morgan fingerprint density at radius 1 is 1.33 bits per heavy atom. The van der Waals surface area contributed by atoms with Crippen molar-refractivity contribution in [3.8, 4) is 0 Å². The van der Waals surface area contributed by atoms with E-state index in [9.17, 15) is 18.1 Å². The fourth-order valence-corrected chi connectivity index (χ4v) is 1.33. The van der Waals surface area contributed by atoms with Crippen LogP contribution in [0.3, 0.4) is 0 Å². The largest absolute Gasteiger partial charge is 0.417 e. The average Bonchev–Trinajstić information content (AvgIpc) is 2.15. The molecule has 0 spiro atoms. The lowest BCUT2D eigenvalue weighted by Gasteiger charge is -2.10. The smallest absolute Gasteiger partial charge is 0.166 e. The summed E-state index contributed by atoms with van der Waals surface area (Å²) in [5, 5.41) is 1.97. The molecule has 0 amide bonds. The van der Waals surface area contributed by atoms with Crippen LogP contribution < -0.4 is 0 Å². The normalized spacial score (nSPS) is 13.7. The van der Waals surface area contributed by atoms with Crippen LogP contribution in [-0.2, 0) is 6.18 Å². The summed E-state index contributed by atoms with van der Waals surface area (Å²) in [6, 6.07) is 2.96. The standard InChI is InChI=1S/C8H4Cl2F3NO/c9-6-2-1-4(7(10)14-15)3-5(6)8(11,12)13/h1-3,7H. The summed E-state index contributed by atoms with van der Waals surface area (Å²) in [4.78, 5) is 10.1. The molecule has 0 fully saturated rings. The van der Waals surface area contributed by atoms with Crippen molar-refractivity contribution in [1.29, 1.82) is 0 Å². The van der Waals surface area contributed by atoms with Gasteiger partial charge in [0, 0.05) is 0 Å². The minimum atomic E-state index is -4.58. The molecule has 1 aromatic rings. The van der Waals surface area contributed by atoms with Crippen molar-refractivity contribution in [2.24, 2.45) is 5.18 Å². The number of hydrogen-bond donors (Lipinski definition) is 0. The molecule has 0 N–H and O–H groups in total. The van der Waals surface area contributed by atoms with E-state index < -0.39 is 22.3 Å². The first-order valence-electron chi connectivity index (χ1n) is 3.69. The molecule has 0 saturated heterocycles. The van der Waals surface area contributed by atoms with Crippen LogP contribution in [0.5, 0.6) is 0 Å². The van der Waals surface area contributed by atoms with Gasteiger partial charge in [-0.2, -0.15) is 13.2 Å². The number of benzene rings is 1. The van der Waals surface area contributed by atoms with Gasteiger partial charge in [-0.25, -0.2) is 0 Å². The molecule has 0 heterocycles. The average molecular weight is 258 g/mol.